The molecule has 2 aromatic heterocycles. The molecule has 3 aromatic rings. The van der Waals surface area contributed by atoms with Crippen LogP contribution < -0.4 is 10.6 Å². The van der Waals surface area contributed by atoms with Crippen LogP contribution in [0, 0.1) is 12.8 Å². The van der Waals surface area contributed by atoms with E-state index >= 15 is 0 Å². The number of aryl methyl sites for hydroxylation is 1. The number of hydrogen-bond acceptors (Lipinski definition) is 7. The molecule has 11 heteroatoms. The Balaban J connectivity index is 1.76. The number of carbonyl (C=O) groups excluding carboxylic acids is 2. The molecule has 2 amide bonds. The van der Waals surface area contributed by atoms with E-state index in [2.05, 4.69) is 32.4 Å². The lowest BCUT2D eigenvalue weighted by atomic mass is 10.0. The Morgan fingerprint density at radius 1 is 1.30 bits per heavy atom. The molecule has 1 atom stereocenters. The lowest BCUT2D eigenvalue weighted by Crippen LogP contribution is -2.34. The van der Waals surface area contributed by atoms with Crippen LogP contribution >= 0.6 is 34.7 Å². The Hall–Kier alpha value is -2.69. The van der Waals surface area contributed by atoms with Crippen molar-refractivity contribution in [1.29, 1.82) is 0 Å². The maximum Gasteiger partial charge on any atom is 0.253 e. The van der Waals surface area contributed by atoms with Gasteiger partial charge in [-0.25, -0.2) is 4.98 Å². The van der Waals surface area contributed by atoms with E-state index in [1.807, 2.05) is 30.7 Å². The summed E-state index contributed by atoms with van der Waals surface area (Å²) in [6.45, 7) is 10.1. The van der Waals surface area contributed by atoms with E-state index in [-0.39, 0.29) is 23.5 Å². The van der Waals surface area contributed by atoms with E-state index in [0.717, 1.165) is 5.69 Å². The SMILES string of the molecule is C=CCn1c(SCC(=O)Nc2nc(C)cs2)nnc1[C@H](NC(=O)c1ccccc1Cl)C(C)C. The highest BCUT2D eigenvalue weighted by Crippen LogP contribution is 2.26. The van der Waals surface area contributed by atoms with Crippen LogP contribution in [0.25, 0.3) is 0 Å². The second kappa shape index (κ2) is 11.4. The van der Waals surface area contributed by atoms with Gasteiger partial charge in [-0.15, -0.1) is 28.1 Å². The van der Waals surface area contributed by atoms with Crippen LogP contribution in [-0.4, -0.2) is 37.3 Å². The van der Waals surface area contributed by atoms with Crippen molar-refractivity contribution in [3.05, 3.63) is 64.4 Å². The van der Waals surface area contributed by atoms with Gasteiger partial charge < -0.3 is 15.2 Å². The normalized spacial score (nSPS) is 11.9. The monoisotopic (exact) mass is 504 g/mol. The van der Waals surface area contributed by atoms with Gasteiger partial charge >= 0.3 is 0 Å². The molecule has 2 heterocycles. The van der Waals surface area contributed by atoms with Gasteiger partial charge in [0.2, 0.25) is 5.91 Å². The first-order valence-electron chi connectivity index (χ1n) is 10.2. The number of carbonyl (C=O) groups is 2. The lowest BCUT2D eigenvalue weighted by Gasteiger charge is -2.22. The van der Waals surface area contributed by atoms with Gasteiger partial charge in [0.1, 0.15) is 0 Å². The average molecular weight is 505 g/mol. The maximum atomic E-state index is 12.9. The molecule has 0 bridgehead atoms. The molecule has 0 unspecified atom stereocenters. The van der Waals surface area contributed by atoms with Gasteiger partial charge in [-0.3, -0.25) is 9.59 Å². The topological polar surface area (TPSA) is 102 Å². The number of aromatic nitrogens is 4. The molecule has 0 aliphatic carbocycles. The van der Waals surface area contributed by atoms with Gasteiger partial charge in [-0.05, 0) is 25.0 Å². The zero-order valence-corrected chi connectivity index (χ0v) is 20.9. The van der Waals surface area contributed by atoms with Crippen LogP contribution in [0.15, 0.2) is 47.5 Å². The van der Waals surface area contributed by atoms with Crippen LogP contribution in [0.3, 0.4) is 0 Å². The maximum absolute atomic E-state index is 12.9. The summed E-state index contributed by atoms with van der Waals surface area (Å²) >= 11 is 8.83. The molecule has 0 aliphatic rings. The van der Waals surface area contributed by atoms with Crippen molar-refractivity contribution in [2.45, 2.75) is 38.5 Å². The molecule has 0 fully saturated rings. The quantitative estimate of drug-likeness (QED) is 0.305. The number of thiazole rings is 1. The molecule has 0 radical (unpaired) electrons. The van der Waals surface area contributed by atoms with Crippen molar-refractivity contribution in [2.24, 2.45) is 5.92 Å². The van der Waals surface area contributed by atoms with E-state index < -0.39 is 6.04 Å². The fraction of sp³-hybridized carbons (Fsp3) is 0.318. The summed E-state index contributed by atoms with van der Waals surface area (Å²) in [5.74, 6) is 0.283. The second-order valence-electron chi connectivity index (χ2n) is 7.55. The molecule has 3 rings (SSSR count). The third-order valence-corrected chi connectivity index (χ3v) is 6.78. The molecule has 0 spiro atoms. The standard InChI is InChI=1S/C22H25ClN6O2S2/c1-5-10-29-19(18(13(2)3)26-20(31)15-8-6-7-9-16(15)23)27-28-22(29)33-12-17(30)25-21-24-14(4)11-32-21/h5-9,11,13,18H,1,10,12H2,2-4H3,(H,26,31)(H,24,25,30)/t18-/m1/s1. The summed E-state index contributed by atoms with van der Waals surface area (Å²) in [6, 6.07) is 6.47. The van der Waals surface area contributed by atoms with E-state index in [0.29, 0.717) is 33.2 Å². The van der Waals surface area contributed by atoms with E-state index in [9.17, 15) is 9.59 Å². The molecule has 174 valence electrons. The third kappa shape index (κ3) is 6.43. The third-order valence-electron chi connectivity index (χ3n) is 4.60. The highest BCUT2D eigenvalue weighted by atomic mass is 35.5. The number of benzene rings is 1. The Labute approximate surface area is 205 Å². The fourth-order valence-electron chi connectivity index (χ4n) is 3.03. The fourth-order valence-corrected chi connectivity index (χ4v) is 4.71. The summed E-state index contributed by atoms with van der Waals surface area (Å²) < 4.78 is 1.86. The van der Waals surface area contributed by atoms with Crippen molar-refractivity contribution in [1.82, 2.24) is 25.1 Å². The van der Waals surface area contributed by atoms with Gasteiger partial charge in [0.15, 0.2) is 16.1 Å². The van der Waals surface area contributed by atoms with Crippen LogP contribution in [0.2, 0.25) is 5.02 Å². The summed E-state index contributed by atoms with van der Waals surface area (Å²) in [4.78, 5) is 29.5. The number of amides is 2. The minimum absolute atomic E-state index is 0.0264. The highest BCUT2D eigenvalue weighted by Gasteiger charge is 2.27. The summed E-state index contributed by atoms with van der Waals surface area (Å²) in [5, 5.41) is 17.8. The largest absolute Gasteiger partial charge is 0.342 e. The minimum Gasteiger partial charge on any atom is -0.342 e. The van der Waals surface area contributed by atoms with Crippen LogP contribution in [0.5, 0.6) is 0 Å². The van der Waals surface area contributed by atoms with Crippen molar-refractivity contribution < 1.29 is 9.59 Å². The van der Waals surface area contributed by atoms with Crippen molar-refractivity contribution >= 4 is 51.6 Å². The number of nitrogens with zero attached hydrogens (tertiary/aromatic N) is 4. The van der Waals surface area contributed by atoms with E-state index in [4.69, 9.17) is 11.6 Å². The zero-order valence-electron chi connectivity index (χ0n) is 18.5. The molecule has 0 aliphatic heterocycles. The van der Waals surface area contributed by atoms with Crippen molar-refractivity contribution in [3.8, 4) is 0 Å². The van der Waals surface area contributed by atoms with Crippen LogP contribution in [0.4, 0.5) is 5.13 Å². The van der Waals surface area contributed by atoms with Gasteiger partial charge in [-0.2, -0.15) is 0 Å². The first kappa shape index (κ1) is 24.9. The molecular formula is C22H25ClN6O2S2. The smallest absolute Gasteiger partial charge is 0.253 e. The number of nitrogens with one attached hydrogen (secondary N) is 2. The number of anilines is 1. The number of hydrogen-bond donors (Lipinski definition) is 2. The Morgan fingerprint density at radius 3 is 2.70 bits per heavy atom. The number of thioether (sulfide) groups is 1. The van der Waals surface area contributed by atoms with Gasteiger partial charge in [0.25, 0.3) is 5.91 Å². The Kier molecular flexibility index (Phi) is 8.65. The van der Waals surface area contributed by atoms with E-state index in [1.54, 1.807) is 30.3 Å². The first-order chi connectivity index (χ1) is 15.8. The molecule has 0 saturated heterocycles. The predicted octanol–water partition coefficient (Wildman–Crippen LogP) is 4.74. The Morgan fingerprint density at radius 2 is 2.06 bits per heavy atom. The average Bonchev–Trinajstić information content (AvgIpc) is 3.36. The number of halogens is 1. The van der Waals surface area contributed by atoms with Gasteiger partial charge in [-0.1, -0.05) is 55.4 Å². The summed E-state index contributed by atoms with van der Waals surface area (Å²) in [5.41, 5.74) is 1.25. The number of rotatable bonds is 10. The van der Waals surface area contributed by atoms with Gasteiger partial charge in [0, 0.05) is 11.9 Å². The highest BCUT2D eigenvalue weighted by molar-refractivity contribution is 7.99. The molecule has 0 saturated carbocycles. The molecule has 2 N–H and O–H groups in total. The first-order valence-corrected chi connectivity index (χ1v) is 12.5. The van der Waals surface area contributed by atoms with E-state index in [1.165, 1.54) is 23.1 Å². The zero-order chi connectivity index (χ0) is 24.0. The lowest BCUT2D eigenvalue weighted by molar-refractivity contribution is -0.113. The molecule has 1 aromatic carbocycles. The Bertz CT molecular complexity index is 1140. The van der Waals surface area contributed by atoms with Crippen molar-refractivity contribution in [3.63, 3.8) is 0 Å². The second-order valence-corrected chi connectivity index (χ2v) is 9.75. The summed E-state index contributed by atoms with van der Waals surface area (Å²) in [7, 11) is 0. The van der Waals surface area contributed by atoms with Gasteiger partial charge in [0.05, 0.1) is 28.1 Å². The predicted molar refractivity (Wildman–Crippen MR) is 133 cm³/mol. The van der Waals surface area contributed by atoms with Crippen LogP contribution in [-0.2, 0) is 11.3 Å². The molecule has 8 nitrogen and oxygen atoms in total. The van der Waals surface area contributed by atoms with Crippen LogP contribution in [0.1, 0.15) is 41.8 Å². The minimum atomic E-state index is -0.414. The molecular weight excluding hydrogens is 480 g/mol. The van der Waals surface area contributed by atoms with Crippen molar-refractivity contribution in [2.75, 3.05) is 11.1 Å². The number of allylic oxidation sites excluding steroid dienone is 1. The molecule has 33 heavy (non-hydrogen) atoms. The summed E-state index contributed by atoms with van der Waals surface area (Å²) in [6.07, 6.45) is 1.72.